The van der Waals surface area contributed by atoms with Crippen LogP contribution in [0, 0.1) is 11.3 Å². The van der Waals surface area contributed by atoms with Gasteiger partial charge in [-0.15, -0.1) is 0 Å². The van der Waals surface area contributed by atoms with Crippen molar-refractivity contribution in [2.24, 2.45) is 0 Å². The molecule has 1 unspecified atom stereocenters. The molecule has 0 spiro atoms. The maximum absolute atomic E-state index is 13.5. The molecule has 1 amide bonds. The Morgan fingerprint density at radius 3 is 2.64 bits per heavy atom. The number of anilines is 2. The number of ether oxygens (including phenoxy) is 1. The highest BCUT2D eigenvalue weighted by molar-refractivity contribution is 6.36. The molecule has 4 aliphatic heterocycles. The summed E-state index contributed by atoms with van der Waals surface area (Å²) < 4.78 is 11.8. The van der Waals surface area contributed by atoms with E-state index in [9.17, 15) is 15.2 Å². The topological polar surface area (TPSA) is 148 Å². The molecule has 8 rings (SSSR count). The van der Waals surface area contributed by atoms with E-state index in [2.05, 4.69) is 55.2 Å². The molecule has 4 aromatic rings. The molecule has 14 heteroatoms. The lowest BCUT2D eigenvalue weighted by Gasteiger charge is -2.42. The summed E-state index contributed by atoms with van der Waals surface area (Å²) in [6.07, 6.45) is 8.28. The Morgan fingerprint density at radius 2 is 1.89 bits per heavy atom. The third-order valence-corrected chi connectivity index (χ3v) is 11.5. The van der Waals surface area contributed by atoms with Crippen LogP contribution < -0.4 is 14.5 Å². The molecule has 2 aromatic heterocycles. The number of piperazine rings is 1. The molecule has 0 radical (unpaired) electrons. The first-order valence-electron chi connectivity index (χ1n) is 18.5. The van der Waals surface area contributed by atoms with Crippen LogP contribution in [0.1, 0.15) is 68.9 Å². The molecule has 1 atom stereocenters. The molecule has 0 bridgehead atoms. The SMILES string of the molecule is CC(C)(O)c1noc(/C=C/C(=O)N2CCN(c3nc(OCC45CCCN4CCC5)nc4c3CCN(c3cccc5cccc(Cl)c35)C4)CC2CC#N)n1. The second kappa shape index (κ2) is 14.2. The standard InChI is InChI=1S/C39H44ClN9O4/c1-38(2,51)36-43-32(53-45-36)11-12-33(50)49-22-21-47(23-27(49)13-17-41)35-28-14-20-46(31-10-4-8-26-7-3-9-29(40)34(26)31)24-30(28)42-37(44-35)52-25-39-15-5-18-48(39)19-6-16-39/h3-4,7-12,27,51H,5-6,13-16,18-25H2,1-2H3/b12-11+. The van der Waals surface area contributed by atoms with Gasteiger partial charge in [-0.2, -0.15) is 20.2 Å². The zero-order chi connectivity index (χ0) is 36.7. The van der Waals surface area contributed by atoms with Gasteiger partial charge in [0.25, 0.3) is 5.89 Å². The summed E-state index contributed by atoms with van der Waals surface area (Å²) in [6.45, 7) is 8.55. The number of benzene rings is 2. The van der Waals surface area contributed by atoms with E-state index in [1.54, 1.807) is 18.7 Å². The van der Waals surface area contributed by atoms with Gasteiger partial charge in [-0.25, -0.2) is 0 Å². The summed E-state index contributed by atoms with van der Waals surface area (Å²) in [4.78, 5) is 36.6. The van der Waals surface area contributed by atoms with Gasteiger partial charge in [0.2, 0.25) is 11.7 Å². The summed E-state index contributed by atoms with van der Waals surface area (Å²) in [5.74, 6) is 0.791. The Hall–Kier alpha value is -4.77. The van der Waals surface area contributed by atoms with Crippen LogP contribution in [0.5, 0.6) is 6.01 Å². The van der Waals surface area contributed by atoms with Gasteiger partial charge >= 0.3 is 6.01 Å². The third kappa shape index (κ3) is 6.91. The van der Waals surface area contributed by atoms with Gasteiger partial charge in [0.05, 0.1) is 41.3 Å². The Balaban J connectivity index is 1.07. The first-order valence-corrected chi connectivity index (χ1v) is 18.9. The van der Waals surface area contributed by atoms with Crippen molar-refractivity contribution in [3.63, 3.8) is 0 Å². The number of halogens is 1. The fourth-order valence-corrected chi connectivity index (χ4v) is 8.81. The number of carbonyl (C=O) groups is 1. The highest BCUT2D eigenvalue weighted by Gasteiger charge is 2.45. The van der Waals surface area contributed by atoms with Crippen LogP contribution in [0.4, 0.5) is 11.5 Å². The van der Waals surface area contributed by atoms with Crippen LogP contribution in [0.15, 0.2) is 47.0 Å². The van der Waals surface area contributed by atoms with E-state index in [-0.39, 0.29) is 35.6 Å². The van der Waals surface area contributed by atoms with E-state index in [0.29, 0.717) is 45.2 Å². The number of fused-ring (bicyclic) bond motifs is 3. The van der Waals surface area contributed by atoms with Crippen LogP contribution in [0.2, 0.25) is 5.02 Å². The fraction of sp³-hybridized carbons (Fsp3) is 0.487. The lowest BCUT2D eigenvalue weighted by Crippen LogP contribution is -2.55. The number of hydrogen-bond donors (Lipinski definition) is 1. The second-order valence-corrected chi connectivity index (χ2v) is 15.5. The quantitative estimate of drug-likeness (QED) is 0.228. The van der Waals surface area contributed by atoms with Crippen molar-refractivity contribution in [1.29, 1.82) is 5.26 Å². The molecule has 2 aromatic carbocycles. The minimum atomic E-state index is -1.27. The van der Waals surface area contributed by atoms with Crippen molar-refractivity contribution >= 4 is 45.9 Å². The van der Waals surface area contributed by atoms with Crippen molar-refractivity contribution in [1.82, 2.24) is 29.9 Å². The lowest BCUT2D eigenvalue weighted by molar-refractivity contribution is -0.128. The fourth-order valence-electron chi connectivity index (χ4n) is 8.53. The highest BCUT2D eigenvalue weighted by Crippen LogP contribution is 2.40. The number of nitriles is 1. The van der Waals surface area contributed by atoms with E-state index >= 15 is 0 Å². The Bertz CT molecular complexity index is 2070. The highest BCUT2D eigenvalue weighted by atomic mass is 35.5. The van der Waals surface area contributed by atoms with Crippen LogP contribution in [0.3, 0.4) is 0 Å². The number of nitrogens with zero attached hydrogens (tertiary/aromatic N) is 9. The first-order chi connectivity index (χ1) is 25.6. The maximum Gasteiger partial charge on any atom is 0.318 e. The summed E-state index contributed by atoms with van der Waals surface area (Å²) in [5.41, 5.74) is 1.82. The van der Waals surface area contributed by atoms with Crippen LogP contribution >= 0.6 is 11.6 Å². The second-order valence-electron chi connectivity index (χ2n) is 15.1. The summed E-state index contributed by atoms with van der Waals surface area (Å²) in [7, 11) is 0. The van der Waals surface area contributed by atoms with Crippen molar-refractivity contribution in [3.8, 4) is 12.1 Å². The number of hydrogen-bond acceptors (Lipinski definition) is 12. The molecule has 13 nitrogen and oxygen atoms in total. The van der Waals surface area contributed by atoms with Gasteiger partial charge in [0, 0.05) is 55.0 Å². The van der Waals surface area contributed by atoms with E-state index in [1.165, 1.54) is 25.0 Å². The summed E-state index contributed by atoms with van der Waals surface area (Å²) in [5, 5.41) is 26.6. The van der Waals surface area contributed by atoms with Crippen LogP contribution in [-0.2, 0) is 23.4 Å². The largest absolute Gasteiger partial charge is 0.461 e. The van der Waals surface area contributed by atoms with Crippen molar-refractivity contribution in [2.45, 2.75) is 76.1 Å². The summed E-state index contributed by atoms with van der Waals surface area (Å²) >= 11 is 6.76. The molecule has 6 heterocycles. The maximum atomic E-state index is 13.5. The first kappa shape index (κ1) is 35.3. The predicted molar refractivity (Wildman–Crippen MR) is 201 cm³/mol. The average molecular weight is 738 g/mol. The Kier molecular flexibility index (Phi) is 9.47. The van der Waals surface area contributed by atoms with Gasteiger partial charge in [-0.3, -0.25) is 9.69 Å². The lowest BCUT2D eigenvalue weighted by atomic mass is 9.95. The smallest absolute Gasteiger partial charge is 0.318 e. The van der Waals surface area contributed by atoms with E-state index in [0.717, 1.165) is 71.0 Å². The van der Waals surface area contributed by atoms with E-state index in [4.69, 9.17) is 30.8 Å². The summed E-state index contributed by atoms with van der Waals surface area (Å²) in [6, 6.07) is 14.5. The zero-order valence-electron chi connectivity index (χ0n) is 30.2. The monoisotopic (exact) mass is 737 g/mol. The molecule has 276 valence electrons. The molecule has 3 saturated heterocycles. The minimum absolute atomic E-state index is 0.0413. The molecular weight excluding hydrogens is 694 g/mol. The van der Waals surface area contributed by atoms with Gasteiger partial charge in [0.15, 0.2) is 0 Å². The van der Waals surface area contributed by atoms with E-state index in [1.807, 2.05) is 12.1 Å². The van der Waals surface area contributed by atoms with Crippen molar-refractivity contribution in [2.75, 3.05) is 55.7 Å². The molecule has 53 heavy (non-hydrogen) atoms. The van der Waals surface area contributed by atoms with Gasteiger partial charge < -0.3 is 29.1 Å². The van der Waals surface area contributed by atoms with Crippen LogP contribution in [0.25, 0.3) is 16.8 Å². The van der Waals surface area contributed by atoms with Gasteiger partial charge in [-0.05, 0) is 76.6 Å². The number of carbonyl (C=O) groups excluding carboxylic acids is 1. The molecule has 1 N–H and O–H groups in total. The van der Waals surface area contributed by atoms with Crippen molar-refractivity contribution in [3.05, 3.63) is 70.5 Å². The molecule has 0 aliphatic carbocycles. The van der Waals surface area contributed by atoms with Crippen molar-refractivity contribution < 1.29 is 19.2 Å². The van der Waals surface area contributed by atoms with Crippen LogP contribution in [-0.4, -0.2) is 98.4 Å². The number of amides is 1. The number of aromatic nitrogens is 4. The Morgan fingerprint density at radius 1 is 1.09 bits per heavy atom. The minimum Gasteiger partial charge on any atom is -0.461 e. The molecule has 4 aliphatic rings. The number of aliphatic hydroxyl groups is 1. The van der Waals surface area contributed by atoms with E-state index < -0.39 is 5.60 Å². The third-order valence-electron chi connectivity index (χ3n) is 11.2. The average Bonchev–Trinajstić information content (AvgIpc) is 3.89. The zero-order valence-corrected chi connectivity index (χ0v) is 30.9. The molecular formula is C39H44ClN9O4. The normalized spacial score (nSPS) is 20.2. The molecule has 3 fully saturated rings. The molecule has 0 saturated carbocycles. The Labute approximate surface area is 313 Å². The predicted octanol–water partition coefficient (Wildman–Crippen LogP) is 5.11. The van der Waals surface area contributed by atoms with Gasteiger partial charge in [-0.1, -0.05) is 41.0 Å². The number of rotatable bonds is 9. The van der Waals surface area contributed by atoms with Gasteiger partial charge in [0.1, 0.15) is 18.0 Å².